The molecule has 1 aromatic heterocycles. The molecule has 1 aliphatic heterocycles. The third kappa shape index (κ3) is 2.81. The van der Waals surface area contributed by atoms with Crippen molar-refractivity contribution in [3.8, 4) is 0 Å². The second-order valence-corrected chi connectivity index (χ2v) is 5.19. The summed E-state index contributed by atoms with van der Waals surface area (Å²) in [5.41, 5.74) is 8.37. The molecule has 0 saturated carbocycles. The standard InChI is InChI=1S/C14H18N6O/c1-9-8-10(20-6-2-3-7-20)4-5-11(9)16-13(21)12-17-14(15)19-18-12/h4-5,8H,2-3,6-7H2,1H3,(H,16,21)(H3,15,17,18,19). The minimum Gasteiger partial charge on any atom is -0.372 e. The molecule has 110 valence electrons. The molecule has 1 aromatic carbocycles. The Balaban J connectivity index is 1.75. The van der Waals surface area contributed by atoms with Gasteiger partial charge in [0, 0.05) is 24.5 Å². The maximum Gasteiger partial charge on any atom is 0.293 e. The largest absolute Gasteiger partial charge is 0.372 e. The Morgan fingerprint density at radius 1 is 1.38 bits per heavy atom. The number of anilines is 3. The molecule has 0 unspecified atom stereocenters. The molecule has 1 amide bonds. The summed E-state index contributed by atoms with van der Waals surface area (Å²) in [5, 5.41) is 8.95. The van der Waals surface area contributed by atoms with Crippen LogP contribution in [0.4, 0.5) is 17.3 Å². The number of nitrogens with one attached hydrogen (secondary N) is 2. The fraction of sp³-hybridized carbons (Fsp3) is 0.357. The Morgan fingerprint density at radius 3 is 2.76 bits per heavy atom. The van der Waals surface area contributed by atoms with Crippen molar-refractivity contribution < 1.29 is 4.79 Å². The number of nitrogen functional groups attached to an aromatic ring is 1. The van der Waals surface area contributed by atoms with Crippen molar-refractivity contribution in [1.82, 2.24) is 15.2 Å². The van der Waals surface area contributed by atoms with Gasteiger partial charge in [-0.05, 0) is 43.5 Å². The molecule has 0 spiro atoms. The molecule has 4 N–H and O–H groups in total. The Hall–Kier alpha value is -2.57. The Kier molecular flexibility index (Phi) is 3.47. The number of benzene rings is 1. The number of rotatable bonds is 3. The van der Waals surface area contributed by atoms with E-state index in [-0.39, 0.29) is 17.7 Å². The van der Waals surface area contributed by atoms with Gasteiger partial charge in [-0.25, -0.2) is 0 Å². The molecule has 1 fully saturated rings. The monoisotopic (exact) mass is 286 g/mol. The van der Waals surface area contributed by atoms with Gasteiger partial charge in [0.1, 0.15) is 0 Å². The van der Waals surface area contributed by atoms with E-state index in [1.54, 1.807) is 0 Å². The first-order chi connectivity index (χ1) is 10.1. The Bertz CT molecular complexity index is 659. The van der Waals surface area contributed by atoms with Gasteiger partial charge in [0.25, 0.3) is 5.91 Å². The number of amides is 1. The van der Waals surface area contributed by atoms with Crippen LogP contribution in [0.25, 0.3) is 0 Å². The molecule has 0 radical (unpaired) electrons. The van der Waals surface area contributed by atoms with Gasteiger partial charge in [-0.2, -0.15) is 4.98 Å². The summed E-state index contributed by atoms with van der Waals surface area (Å²) in [6, 6.07) is 6.04. The highest BCUT2D eigenvalue weighted by Gasteiger charge is 2.15. The highest BCUT2D eigenvalue weighted by molar-refractivity contribution is 6.02. The maximum atomic E-state index is 12.0. The quantitative estimate of drug-likeness (QED) is 0.795. The lowest BCUT2D eigenvalue weighted by atomic mass is 10.1. The molecule has 0 atom stereocenters. The van der Waals surface area contributed by atoms with Crippen molar-refractivity contribution in [1.29, 1.82) is 0 Å². The number of aromatic amines is 1. The van der Waals surface area contributed by atoms with E-state index in [0.717, 1.165) is 24.3 Å². The Labute approximate surface area is 122 Å². The molecule has 2 heterocycles. The third-order valence-corrected chi connectivity index (χ3v) is 3.65. The third-order valence-electron chi connectivity index (χ3n) is 3.65. The number of aromatic nitrogens is 3. The van der Waals surface area contributed by atoms with Crippen molar-refractivity contribution in [2.24, 2.45) is 0 Å². The minimum absolute atomic E-state index is 0.0567. The number of hydrogen-bond donors (Lipinski definition) is 3. The summed E-state index contributed by atoms with van der Waals surface area (Å²) in [6.45, 7) is 4.18. The number of nitrogens with zero attached hydrogens (tertiary/aromatic N) is 3. The zero-order chi connectivity index (χ0) is 14.8. The van der Waals surface area contributed by atoms with Crippen LogP contribution in [0, 0.1) is 6.92 Å². The summed E-state index contributed by atoms with van der Waals surface area (Å²) < 4.78 is 0. The van der Waals surface area contributed by atoms with E-state index >= 15 is 0 Å². The number of H-pyrrole nitrogens is 1. The van der Waals surface area contributed by atoms with E-state index in [4.69, 9.17) is 5.73 Å². The summed E-state index contributed by atoms with van der Waals surface area (Å²) in [7, 11) is 0. The summed E-state index contributed by atoms with van der Waals surface area (Å²) in [6.07, 6.45) is 2.48. The molecule has 2 aromatic rings. The van der Waals surface area contributed by atoms with Crippen LogP contribution in [-0.2, 0) is 0 Å². The predicted octanol–water partition coefficient (Wildman–Crippen LogP) is 1.55. The fourth-order valence-corrected chi connectivity index (χ4v) is 2.52. The van der Waals surface area contributed by atoms with Crippen molar-refractivity contribution >= 4 is 23.2 Å². The molecule has 0 bridgehead atoms. The summed E-state index contributed by atoms with van der Waals surface area (Å²) in [5.74, 6) is -0.187. The molecule has 1 saturated heterocycles. The zero-order valence-electron chi connectivity index (χ0n) is 11.9. The average molecular weight is 286 g/mol. The van der Waals surface area contributed by atoms with Gasteiger partial charge in [0.05, 0.1) is 0 Å². The molecule has 21 heavy (non-hydrogen) atoms. The molecule has 7 heteroatoms. The normalized spacial score (nSPS) is 14.4. The van der Waals surface area contributed by atoms with Crippen molar-refractivity contribution in [3.05, 3.63) is 29.6 Å². The SMILES string of the molecule is Cc1cc(N2CCCC2)ccc1NC(=O)c1nc(N)n[nH]1. The molecule has 3 rings (SSSR count). The first-order valence-corrected chi connectivity index (χ1v) is 6.98. The van der Waals surface area contributed by atoms with Crippen LogP contribution in [0.3, 0.4) is 0 Å². The van der Waals surface area contributed by atoms with Crippen molar-refractivity contribution in [2.75, 3.05) is 29.0 Å². The first kappa shape index (κ1) is 13.4. The molecular weight excluding hydrogens is 268 g/mol. The van der Waals surface area contributed by atoms with Crippen LogP contribution in [0.15, 0.2) is 18.2 Å². The van der Waals surface area contributed by atoms with Crippen molar-refractivity contribution in [2.45, 2.75) is 19.8 Å². The zero-order valence-corrected chi connectivity index (χ0v) is 11.9. The van der Waals surface area contributed by atoms with Crippen molar-refractivity contribution in [3.63, 3.8) is 0 Å². The first-order valence-electron chi connectivity index (χ1n) is 6.98. The highest BCUT2D eigenvalue weighted by Crippen LogP contribution is 2.25. The van der Waals surface area contributed by atoms with Gasteiger partial charge in [-0.1, -0.05) is 0 Å². The van der Waals surface area contributed by atoms with E-state index in [2.05, 4.69) is 31.5 Å². The average Bonchev–Trinajstić information content (AvgIpc) is 3.12. The van der Waals surface area contributed by atoms with Gasteiger partial charge >= 0.3 is 0 Å². The fourth-order valence-electron chi connectivity index (χ4n) is 2.52. The van der Waals surface area contributed by atoms with Crippen LogP contribution in [0.5, 0.6) is 0 Å². The lowest BCUT2D eigenvalue weighted by Gasteiger charge is -2.19. The summed E-state index contributed by atoms with van der Waals surface area (Å²) >= 11 is 0. The molecule has 1 aliphatic rings. The molecular formula is C14H18N6O. The molecule has 0 aliphatic carbocycles. The van der Waals surface area contributed by atoms with Crippen LogP contribution in [0.2, 0.25) is 0 Å². The topological polar surface area (TPSA) is 99.9 Å². The van der Waals surface area contributed by atoms with Crippen LogP contribution in [0.1, 0.15) is 29.0 Å². The Morgan fingerprint density at radius 2 is 2.14 bits per heavy atom. The van der Waals surface area contributed by atoms with Gasteiger partial charge in [0.15, 0.2) is 0 Å². The van der Waals surface area contributed by atoms with Gasteiger partial charge in [-0.3, -0.25) is 9.89 Å². The van der Waals surface area contributed by atoms with Gasteiger partial charge < -0.3 is 16.0 Å². The summed E-state index contributed by atoms with van der Waals surface area (Å²) in [4.78, 5) is 18.2. The van der Waals surface area contributed by atoms with Gasteiger partial charge in [0.2, 0.25) is 11.8 Å². The van der Waals surface area contributed by atoms with E-state index in [1.807, 2.05) is 19.1 Å². The van der Waals surface area contributed by atoms with E-state index in [1.165, 1.54) is 18.5 Å². The minimum atomic E-state index is -0.351. The van der Waals surface area contributed by atoms with E-state index in [0.29, 0.717) is 0 Å². The number of aryl methyl sites for hydroxylation is 1. The molecule has 7 nitrogen and oxygen atoms in total. The second kappa shape index (κ2) is 5.43. The van der Waals surface area contributed by atoms with Crippen LogP contribution < -0.4 is 16.0 Å². The highest BCUT2D eigenvalue weighted by atomic mass is 16.2. The number of carbonyl (C=O) groups is 1. The smallest absolute Gasteiger partial charge is 0.293 e. The number of hydrogen-bond acceptors (Lipinski definition) is 5. The predicted molar refractivity (Wildman–Crippen MR) is 81.4 cm³/mol. The van der Waals surface area contributed by atoms with E-state index in [9.17, 15) is 4.79 Å². The second-order valence-electron chi connectivity index (χ2n) is 5.19. The van der Waals surface area contributed by atoms with E-state index < -0.39 is 0 Å². The van der Waals surface area contributed by atoms with Crippen LogP contribution >= 0.6 is 0 Å². The van der Waals surface area contributed by atoms with Crippen LogP contribution in [-0.4, -0.2) is 34.2 Å². The van der Waals surface area contributed by atoms with Gasteiger partial charge in [-0.15, -0.1) is 5.10 Å². The number of carbonyl (C=O) groups excluding carboxylic acids is 1. The maximum absolute atomic E-state index is 12.0. The lowest BCUT2D eigenvalue weighted by Crippen LogP contribution is -2.18. The lowest BCUT2D eigenvalue weighted by molar-refractivity contribution is 0.101. The number of nitrogens with two attached hydrogens (primary N) is 1.